The van der Waals surface area contributed by atoms with Crippen molar-refractivity contribution in [2.75, 3.05) is 52.9 Å². The normalized spacial score (nSPS) is 19.8. The number of nitrogens with zero attached hydrogens (tertiary/aromatic N) is 4. The first-order chi connectivity index (χ1) is 11.1. The molecule has 7 heteroatoms. The lowest BCUT2D eigenvalue weighted by Crippen LogP contribution is -2.47. The summed E-state index contributed by atoms with van der Waals surface area (Å²) in [5.41, 5.74) is 0.145. The number of hydrogen-bond acceptors (Lipinski definition) is 5. The van der Waals surface area contributed by atoms with Crippen molar-refractivity contribution in [2.24, 2.45) is 0 Å². The van der Waals surface area contributed by atoms with Gasteiger partial charge in [-0.15, -0.1) is 0 Å². The first kappa shape index (κ1) is 17.3. The highest BCUT2D eigenvalue weighted by molar-refractivity contribution is 5.97. The Balaban J connectivity index is 1.72. The van der Waals surface area contributed by atoms with Crippen LogP contribution in [0.15, 0.2) is 11.8 Å². The molecule has 0 bridgehead atoms. The zero-order valence-corrected chi connectivity index (χ0v) is 13.8. The van der Waals surface area contributed by atoms with Crippen molar-refractivity contribution in [3.8, 4) is 6.07 Å². The number of hydrogen-bond donors (Lipinski definition) is 1. The summed E-state index contributed by atoms with van der Waals surface area (Å²) < 4.78 is 0. The van der Waals surface area contributed by atoms with Crippen LogP contribution in [0.3, 0.4) is 0 Å². The molecule has 0 atom stereocenters. The zero-order chi connectivity index (χ0) is 16.7. The van der Waals surface area contributed by atoms with E-state index < -0.39 is 0 Å². The van der Waals surface area contributed by atoms with Crippen LogP contribution in [0, 0.1) is 11.3 Å². The van der Waals surface area contributed by atoms with Gasteiger partial charge in [0.05, 0.1) is 0 Å². The number of rotatable bonds is 6. The number of nitriles is 1. The van der Waals surface area contributed by atoms with Gasteiger partial charge in [0.25, 0.3) is 5.91 Å². The van der Waals surface area contributed by atoms with Gasteiger partial charge in [-0.2, -0.15) is 5.26 Å². The Hall–Kier alpha value is -2.07. The molecule has 0 aromatic heterocycles. The Labute approximate surface area is 137 Å². The van der Waals surface area contributed by atoms with Gasteiger partial charge in [-0.25, -0.2) is 0 Å². The van der Waals surface area contributed by atoms with Crippen LogP contribution in [-0.2, 0) is 9.59 Å². The molecule has 2 aliphatic heterocycles. The van der Waals surface area contributed by atoms with Gasteiger partial charge in [-0.3, -0.25) is 9.59 Å². The van der Waals surface area contributed by atoms with E-state index in [0.29, 0.717) is 26.1 Å². The van der Waals surface area contributed by atoms with Crippen molar-refractivity contribution >= 4 is 11.8 Å². The van der Waals surface area contributed by atoms with Crippen molar-refractivity contribution in [2.45, 2.75) is 19.3 Å². The molecule has 2 amide bonds. The topological polar surface area (TPSA) is 79.7 Å². The first-order valence-corrected chi connectivity index (χ1v) is 8.21. The van der Waals surface area contributed by atoms with E-state index in [4.69, 9.17) is 0 Å². The predicted molar refractivity (Wildman–Crippen MR) is 86.2 cm³/mol. The molecule has 0 radical (unpaired) electrons. The molecule has 1 N–H and O–H groups in total. The summed E-state index contributed by atoms with van der Waals surface area (Å²) in [7, 11) is 2.02. The van der Waals surface area contributed by atoms with E-state index in [1.807, 2.05) is 18.0 Å². The Morgan fingerprint density at radius 3 is 2.65 bits per heavy atom. The highest BCUT2D eigenvalue weighted by atomic mass is 16.2. The summed E-state index contributed by atoms with van der Waals surface area (Å²) in [5.74, 6) is 0.0197. The average molecular weight is 319 g/mol. The molecule has 0 saturated carbocycles. The molecule has 126 valence electrons. The van der Waals surface area contributed by atoms with Crippen LogP contribution in [0.25, 0.3) is 0 Å². The molecule has 23 heavy (non-hydrogen) atoms. The fourth-order valence-corrected chi connectivity index (χ4v) is 2.81. The summed E-state index contributed by atoms with van der Waals surface area (Å²) in [5, 5.41) is 12.2. The van der Waals surface area contributed by atoms with Gasteiger partial charge in [0, 0.05) is 58.4 Å². The molecule has 7 nitrogen and oxygen atoms in total. The third-order valence-electron chi connectivity index (χ3n) is 4.31. The first-order valence-electron chi connectivity index (χ1n) is 8.21. The number of amides is 2. The number of piperazine rings is 1. The molecule has 0 unspecified atom stereocenters. The number of likely N-dealkylation sites (tertiary alicyclic amines) is 1. The minimum atomic E-state index is -0.206. The Morgan fingerprint density at radius 2 is 2.04 bits per heavy atom. The third kappa shape index (κ3) is 4.96. The van der Waals surface area contributed by atoms with Gasteiger partial charge in [-0.05, 0) is 19.9 Å². The van der Waals surface area contributed by atoms with E-state index in [2.05, 4.69) is 10.2 Å². The molecule has 2 heterocycles. The van der Waals surface area contributed by atoms with Gasteiger partial charge in [-0.1, -0.05) is 0 Å². The maximum atomic E-state index is 12.3. The molecule has 2 rings (SSSR count). The van der Waals surface area contributed by atoms with Gasteiger partial charge >= 0.3 is 0 Å². The standard InChI is InChI=1S/C16H25N5O2/c1-19-8-10-21(11-9-19)16(23)14(12-17)13-18-5-3-7-20-6-2-4-15(20)22/h13,18H,2-11H2,1H3/b14-13-. The van der Waals surface area contributed by atoms with E-state index in [1.54, 1.807) is 4.90 Å². The monoisotopic (exact) mass is 319 g/mol. The molecule has 2 saturated heterocycles. The molecule has 0 aliphatic carbocycles. The van der Waals surface area contributed by atoms with E-state index in [1.165, 1.54) is 6.20 Å². The Morgan fingerprint density at radius 1 is 1.30 bits per heavy atom. The summed E-state index contributed by atoms with van der Waals surface area (Å²) in [6.45, 7) is 5.21. The summed E-state index contributed by atoms with van der Waals surface area (Å²) in [4.78, 5) is 29.5. The Kier molecular flexibility index (Phi) is 6.41. The number of likely N-dealkylation sites (N-methyl/N-ethyl adjacent to an activating group) is 1. The van der Waals surface area contributed by atoms with E-state index >= 15 is 0 Å². The predicted octanol–water partition coefficient (Wildman–Crippen LogP) is -0.230. The van der Waals surface area contributed by atoms with Gasteiger partial charge in [0.2, 0.25) is 5.91 Å². The highest BCUT2D eigenvalue weighted by Crippen LogP contribution is 2.09. The number of carbonyl (C=O) groups excluding carboxylic acids is 2. The van der Waals surface area contributed by atoms with E-state index in [-0.39, 0.29) is 17.4 Å². The van der Waals surface area contributed by atoms with Crippen LogP contribution in [-0.4, -0.2) is 79.4 Å². The van der Waals surface area contributed by atoms with Gasteiger partial charge in [0.1, 0.15) is 11.6 Å². The van der Waals surface area contributed by atoms with E-state index in [9.17, 15) is 14.9 Å². The second-order valence-corrected chi connectivity index (χ2v) is 6.06. The molecule has 0 aromatic carbocycles. The van der Waals surface area contributed by atoms with Crippen LogP contribution in [0.4, 0.5) is 0 Å². The summed E-state index contributed by atoms with van der Waals surface area (Å²) >= 11 is 0. The third-order valence-corrected chi connectivity index (χ3v) is 4.31. The Bertz CT molecular complexity index is 503. The van der Waals surface area contributed by atoms with Crippen LogP contribution >= 0.6 is 0 Å². The lowest BCUT2D eigenvalue weighted by atomic mass is 10.2. The molecular weight excluding hydrogens is 294 g/mol. The van der Waals surface area contributed by atoms with Crippen molar-refractivity contribution in [1.82, 2.24) is 20.0 Å². The number of carbonyl (C=O) groups is 2. The van der Waals surface area contributed by atoms with Crippen molar-refractivity contribution in [3.63, 3.8) is 0 Å². The lowest BCUT2D eigenvalue weighted by molar-refractivity contribution is -0.128. The van der Waals surface area contributed by atoms with Gasteiger partial charge in [0.15, 0.2) is 0 Å². The van der Waals surface area contributed by atoms with Crippen molar-refractivity contribution < 1.29 is 9.59 Å². The molecular formula is C16H25N5O2. The lowest BCUT2D eigenvalue weighted by Gasteiger charge is -2.32. The van der Waals surface area contributed by atoms with Crippen LogP contribution in [0.2, 0.25) is 0 Å². The second kappa shape index (κ2) is 8.53. The van der Waals surface area contributed by atoms with Crippen LogP contribution < -0.4 is 5.32 Å². The summed E-state index contributed by atoms with van der Waals surface area (Å²) in [6, 6.07) is 1.98. The van der Waals surface area contributed by atoms with Crippen molar-refractivity contribution in [3.05, 3.63) is 11.8 Å². The van der Waals surface area contributed by atoms with Gasteiger partial charge < -0.3 is 20.0 Å². The molecule has 2 aliphatic rings. The largest absolute Gasteiger partial charge is 0.390 e. The minimum absolute atomic E-state index is 0.145. The number of nitrogens with one attached hydrogen (secondary N) is 1. The smallest absolute Gasteiger partial charge is 0.266 e. The summed E-state index contributed by atoms with van der Waals surface area (Å²) in [6.07, 6.45) is 3.92. The minimum Gasteiger partial charge on any atom is -0.390 e. The van der Waals surface area contributed by atoms with Crippen molar-refractivity contribution in [1.29, 1.82) is 5.26 Å². The highest BCUT2D eigenvalue weighted by Gasteiger charge is 2.22. The zero-order valence-electron chi connectivity index (χ0n) is 13.8. The SMILES string of the molecule is CN1CCN(C(=O)/C(C#N)=C\NCCCN2CCCC2=O)CC1. The molecule has 2 fully saturated rings. The maximum Gasteiger partial charge on any atom is 0.266 e. The van der Waals surface area contributed by atoms with E-state index in [0.717, 1.165) is 39.0 Å². The second-order valence-electron chi connectivity index (χ2n) is 6.06. The maximum absolute atomic E-state index is 12.3. The molecule has 0 spiro atoms. The fraction of sp³-hybridized carbons (Fsp3) is 0.688. The average Bonchev–Trinajstić information content (AvgIpc) is 2.96. The quantitative estimate of drug-likeness (QED) is 0.416. The molecule has 0 aromatic rings. The fourth-order valence-electron chi connectivity index (χ4n) is 2.81. The van der Waals surface area contributed by atoms with Crippen LogP contribution in [0.1, 0.15) is 19.3 Å². The van der Waals surface area contributed by atoms with Crippen LogP contribution in [0.5, 0.6) is 0 Å².